The van der Waals surface area contributed by atoms with E-state index in [1.54, 1.807) is 0 Å². The maximum atomic E-state index is 12.5. The molecule has 8 heteroatoms. The number of carboxylic acids is 1. The lowest BCUT2D eigenvalue weighted by Gasteiger charge is -2.28. The first-order valence-electron chi connectivity index (χ1n) is 10.5. The zero-order valence-corrected chi connectivity index (χ0v) is 18.5. The third kappa shape index (κ3) is 11.0. The molecule has 2 N–H and O–H groups in total. The average Bonchev–Trinajstić information content (AvgIpc) is 2.61. The highest BCUT2D eigenvalue weighted by Crippen LogP contribution is 2.33. The van der Waals surface area contributed by atoms with Crippen LogP contribution < -0.4 is 0 Å². The molecule has 4 atom stereocenters. The fourth-order valence-corrected chi connectivity index (χ4v) is 4.04. The number of carbonyl (C=O) groups is 2. The second kappa shape index (κ2) is 13.9. The van der Waals surface area contributed by atoms with Crippen molar-refractivity contribution in [3.05, 3.63) is 0 Å². The van der Waals surface area contributed by atoms with Crippen molar-refractivity contribution >= 4 is 22.3 Å². The van der Waals surface area contributed by atoms with Crippen LogP contribution >= 0.6 is 0 Å². The maximum absolute atomic E-state index is 12.5. The van der Waals surface area contributed by atoms with Gasteiger partial charge in [0.05, 0.1) is 11.8 Å². The predicted molar refractivity (Wildman–Crippen MR) is 108 cm³/mol. The van der Waals surface area contributed by atoms with Crippen molar-refractivity contribution in [2.45, 2.75) is 91.9 Å². The number of hydrogen-bond donors (Lipinski definition) is 2. The van der Waals surface area contributed by atoms with E-state index in [2.05, 4.69) is 18.0 Å². The average molecular weight is 423 g/mol. The van der Waals surface area contributed by atoms with Crippen molar-refractivity contribution in [1.29, 1.82) is 0 Å². The van der Waals surface area contributed by atoms with E-state index in [1.807, 2.05) is 13.8 Å². The molecule has 0 rings (SSSR count). The summed E-state index contributed by atoms with van der Waals surface area (Å²) in [5, 5.41) is 9.80. The summed E-state index contributed by atoms with van der Waals surface area (Å²) in [5.74, 6) is -4.20. The molecule has 28 heavy (non-hydrogen) atoms. The van der Waals surface area contributed by atoms with Crippen LogP contribution in [0.4, 0.5) is 0 Å². The summed E-state index contributed by atoms with van der Waals surface area (Å²) in [7, 11) is -4.98. The van der Waals surface area contributed by atoms with Crippen LogP contribution in [0.15, 0.2) is 0 Å². The largest absolute Gasteiger partial charge is 0.481 e. The molecule has 0 aliphatic carbocycles. The summed E-state index contributed by atoms with van der Waals surface area (Å²) in [6.45, 7) is 8.07. The molecule has 166 valence electrons. The second-order valence-corrected chi connectivity index (χ2v) is 8.71. The molecule has 0 heterocycles. The van der Waals surface area contributed by atoms with Crippen LogP contribution in [0.1, 0.15) is 91.9 Å². The van der Waals surface area contributed by atoms with E-state index in [0.717, 1.165) is 51.4 Å². The Labute approximate surface area is 170 Å². The summed E-state index contributed by atoms with van der Waals surface area (Å²) in [4.78, 5) is 24.5. The van der Waals surface area contributed by atoms with Gasteiger partial charge in [-0.25, -0.2) is 0 Å². The molecule has 7 nitrogen and oxygen atoms in total. The summed E-state index contributed by atoms with van der Waals surface area (Å²) >= 11 is 0. The lowest BCUT2D eigenvalue weighted by atomic mass is 9.76. The molecular weight excluding hydrogens is 384 g/mol. The summed E-state index contributed by atoms with van der Waals surface area (Å²) < 4.78 is 35.2. The Morgan fingerprint density at radius 1 is 0.857 bits per heavy atom. The van der Waals surface area contributed by atoms with Gasteiger partial charge in [-0.2, -0.15) is 8.42 Å². The van der Waals surface area contributed by atoms with Gasteiger partial charge in [-0.05, 0) is 24.7 Å². The molecular formula is C20H38O7S. The predicted octanol–water partition coefficient (Wildman–Crippen LogP) is 4.86. The second-order valence-electron chi connectivity index (χ2n) is 7.69. The van der Waals surface area contributed by atoms with Gasteiger partial charge >= 0.3 is 22.3 Å². The molecule has 0 amide bonds. The molecule has 0 aromatic rings. The number of rotatable bonds is 16. The van der Waals surface area contributed by atoms with E-state index in [4.69, 9.17) is 4.55 Å². The number of carbonyl (C=O) groups excluding carboxylic acids is 1. The van der Waals surface area contributed by atoms with E-state index in [-0.39, 0.29) is 18.3 Å². The van der Waals surface area contributed by atoms with Crippen LogP contribution in [0.5, 0.6) is 0 Å². The first kappa shape index (κ1) is 26.9. The zero-order chi connectivity index (χ0) is 21.7. The first-order chi connectivity index (χ1) is 13.1. The Kier molecular flexibility index (Phi) is 13.4. The van der Waals surface area contributed by atoms with E-state index in [1.165, 1.54) is 0 Å². The topological polar surface area (TPSA) is 118 Å². The van der Waals surface area contributed by atoms with Crippen LogP contribution in [0, 0.1) is 23.7 Å². The van der Waals surface area contributed by atoms with Gasteiger partial charge < -0.3 is 9.29 Å². The van der Waals surface area contributed by atoms with Crippen LogP contribution in [-0.2, 0) is 24.2 Å². The number of unbranched alkanes of at least 4 members (excludes halogenated alkanes) is 2. The molecule has 0 aliphatic heterocycles. The Morgan fingerprint density at radius 3 is 1.61 bits per heavy atom. The van der Waals surface area contributed by atoms with Crippen molar-refractivity contribution in [2.75, 3.05) is 0 Å². The highest BCUT2D eigenvalue weighted by atomic mass is 32.3. The molecule has 0 radical (unpaired) electrons. The Hall–Kier alpha value is -1.15. The third-order valence-electron chi connectivity index (χ3n) is 5.55. The van der Waals surface area contributed by atoms with E-state index >= 15 is 0 Å². The zero-order valence-electron chi connectivity index (χ0n) is 17.7. The third-order valence-corrected chi connectivity index (χ3v) is 5.93. The van der Waals surface area contributed by atoms with Crippen molar-refractivity contribution < 1.29 is 31.8 Å². The van der Waals surface area contributed by atoms with Crippen molar-refractivity contribution in [1.82, 2.24) is 0 Å². The van der Waals surface area contributed by atoms with Gasteiger partial charge in [0.1, 0.15) is 0 Å². The monoisotopic (exact) mass is 422 g/mol. The van der Waals surface area contributed by atoms with Crippen LogP contribution in [0.3, 0.4) is 0 Å². The minimum absolute atomic E-state index is 0.0939. The molecule has 0 aromatic heterocycles. The van der Waals surface area contributed by atoms with Gasteiger partial charge in [-0.3, -0.25) is 14.1 Å². The lowest BCUT2D eigenvalue weighted by molar-refractivity contribution is -0.154. The fourth-order valence-electron chi connectivity index (χ4n) is 3.71. The Balaban J connectivity index is 5.63. The smallest absolute Gasteiger partial charge is 0.448 e. The van der Waals surface area contributed by atoms with Crippen molar-refractivity contribution in [3.63, 3.8) is 0 Å². The summed E-state index contributed by atoms with van der Waals surface area (Å²) in [6, 6.07) is 0. The number of aliphatic carboxylic acids is 1. The molecule has 0 bridgehead atoms. The van der Waals surface area contributed by atoms with E-state index in [9.17, 15) is 23.1 Å². The molecule has 0 saturated carbocycles. The Bertz CT molecular complexity index is 559. The standard InChI is InChI=1S/C20H38O7S/c1-5-9-11-15(7-3)13-17(19(21)22)18(20(23)27-28(24,25)26)14-16(8-4)12-10-6-2/h15-18H,5-14H2,1-4H3,(H,21,22)(H,24,25,26). The quantitative estimate of drug-likeness (QED) is 0.341. The normalized spacial score (nSPS) is 16.2. The highest BCUT2D eigenvalue weighted by Gasteiger charge is 2.39. The fraction of sp³-hybridized carbons (Fsp3) is 0.900. The van der Waals surface area contributed by atoms with E-state index in [0.29, 0.717) is 6.42 Å². The molecule has 0 aliphatic rings. The van der Waals surface area contributed by atoms with Crippen molar-refractivity contribution in [3.8, 4) is 0 Å². The van der Waals surface area contributed by atoms with Crippen LogP contribution in [0.2, 0.25) is 0 Å². The van der Waals surface area contributed by atoms with Gasteiger partial charge in [-0.15, -0.1) is 0 Å². The number of carboxylic acid groups (broad SMARTS) is 1. The molecule has 0 fully saturated rings. The van der Waals surface area contributed by atoms with Crippen LogP contribution in [-0.4, -0.2) is 30.0 Å². The van der Waals surface area contributed by atoms with E-state index < -0.39 is 34.2 Å². The van der Waals surface area contributed by atoms with Gasteiger partial charge in [-0.1, -0.05) is 79.1 Å². The summed E-state index contributed by atoms with van der Waals surface area (Å²) in [6.07, 6.45) is 7.68. The Morgan fingerprint density at radius 2 is 1.29 bits per heavy atom. The molecule has 0 saturated heterocycles. The summed E-state index contributed by atoms with van der Waals surface area (Å²) in [5.41, 5.74) is 0. The van der Waals surface area contributed by atoms with Crippen molar-refractivity contribution in [2.24, 2.45) is 23.7 Å². The highest BCUT2D eigenvalue weighted by molar-refractivity contribution is 7.81. The van der Waals surface area contributed by atoms with Gasteiger partial charge in [0.25, 0.3) is 0 Å². The van der Waals surface area contributed by atoms with Gasteiger partial charge in [0, 0.05) is 0 Å². The molecule has 0 aromatic carbocycles. The minimum Gasteiger partial charge on any atom is -0.481 e. The maximum Gasteiger partial charge on any atom is 0.448 e. The lowest BCUT2D eigenvalue weighted by Crippen LogP contribution is -2.35. The van der Waals surface area contributed by atoms with Crippen LogP contribution in [0.25, 0.3) is 0 Å². The van der Waals surface area contributed by atoms with Gasteiger partial charge in [0.2, 0.25) is 0 Å². The minimum atomic E-state index is -4.98. The first-order valence-corrected chi connectivity index (χ1v) is 11.9. The SMILES string of the molecule is CCCCC(CC)CC(C(=O)O)C(CC(CC)CCCC)C(=O)OS(=O)(=O)O. The number of hydrogen-bond acceptors (Lipinski definition) is 5. The van der Waals surface area contributed by atoms with Gasteiger partial charge in [0.15, 0.2) is 0 Å². The molecule has 0 spiro atoms. The molecule has 4 unspecified atom stereocenters.